The zero-order valence-corrected chi connectivity index (χ0v) is 11.8. The van der Waals surface area contributed by atoms with Crippen LogP contribution in [0, 0.1) is 5.82 Å². The summed E-state index contributed by atoms with van der Waals surface area (Å²) in [5.74, 6) is -0.888. The second-order valence-corrected chi connectivity index (χ2v) is 6.07. The molecular formula is C14H19FN2OS. The highest BCUT2D eigenvalue weighted by molar-refractivity contribution is 7.99. The SMILES string of the molecule is CSC1CCCC(NC(=O)c2cc(N)ccc2F)C1. The van der Waals surface area contributed by atoms with Crippen molar-refractivity contribution in [3.8, 4) is 0 Å². The molecule has 1 aromatic rings. The summed E-state index contributed by atoms with van der Waals surface area (Å²) in [6.07, 6.45) is 6.31. The Morgan fingerprint density at radius 2 is 2.26 bits per heavy atom. The second-order valence-electron chi connectivity index (χ2n) is 4.93. The first-order valence-electron chi connectivity index (χ1n) is 6.49. The summed E-state index contributed by atoms with van der Waals surface area (Å²) in [6.45, 7) is 0. The molecule has 0 aliphatic heterocycles. The van der Waals surface area contributed by atoms with Crippen LogP contribution in [0.5, 0.6) is 0 Å². The van der Waals surface area contributed by atoms with Crippen molar-refractivity contribution in [2.24, 2.45) is 0 Å². The number of nitrogen functional groups attached to an aromatic ring is 1. The molecule has 3 nitrogen and oxygen atoms in total. The Morgan fingerprint density at radius 3 is 3.00 bits per heavy atom. The van der Waals surface area contributed by atoms with Crippen LogP contribution >= 0.6 is 11.8 Å². The number of carbonyl (C=O) groups excluding carboxylic acids is 1. The quantitative estimate of drug-likeness (QED) is 0.838. The van der Waals surface area contributed by atoms with Gasteiger partial charge in [-0.2, -0.15) is 11.8 Å². The van der Waals surface area contributed by atoms with Gasteiger partial charge in [0.1, 0.15) is 5.82 Å². The highest BCUT2D eigenvalue weighted by Gasteiger charge is 2.23. The number of hydrogen-bond acceptors (Lipinski definition) is 3. The van der Waals surface area contributed by atoms with E-state index in [1.54, 1.807) is 0 Å². The zero-order chi connectivity index (χ0) is 13.8. The first-order chi connectivity index (χ1) is 9.10. The van der Waals surface area contributed by atoms with Crippen LogP contribution in [0.1, 0.15) is 36.0 Å². The van der Waals surface area contributed by atoms with E-state index in [1.165, 1.54) is 24.6 Å². The minimum absolute atomic E-state index is 0.0336. The Bertz CT molecular complexity index is 467. The number of thioether (sulfide) groups is 1. The fraction of sp³-hybridized carbons (Fsp3) is 0.500. The van der Waals surface area contributed by atoms with Crippen molar-refractivity contribution in [2.45, 2.75) is 37.0 Å². The van der Waals surface area contributed by atoms with Gasteiger partial charge in [0.25, 0.3) is 5.91 Å². The van der Waals surface area contributed by atoms with Crippen LogP contribution in [-0.2, 0) is 0 Å². The van der Waals surface area contributed by atoms with E-state index in [-0.39, 0.29) is 17.5 Å². The summed E-state index contributed by atoms with van der Waals surface area (Å²) >= 11 is 1.83. The van der Waals surface area contributed by atoms with Crippen LogP contribution in [0.3, 0.4) is 0 Å². The molecule has 0 spiro atoms. The lowest BCUT2D eigenvalue weighted by molar-refractivity contribution is 0.0924. The maximum absolute atomic E-state index is 13.6. The van der Waals surface area contributed by atoms with Crippen LogP contribution in [-0.4, -0.2) is 23.5 Å². The smallest absolute Gasteiger partial charge is 0.254 e. The van der Waals surface area contributed by atoms with E-state index in [2.05, 4.69) is 11.6 Å². The minimum Gasteiger partial charge on any atom is -0.399 e. The summed E-state index contributed by atoms with van der Waals surface area (Å²) in [4.78, 5) is 12.1. The van der Waals surface area contributed by atoms with Crippen molar-refractivity contribution in [1.29, 1.82) is 0 Å². The van der Waals surface area contributed by atoms with Gasteiger partial charge in [-0.1, -0.05) is 6.42 Å². The highest BCUT2D eigenvalue weighted by atomic mass is 32.2. The van der Waals surface area contributed by atoms with Gasteiger partial charge in [-0.05, 0) is 43.7 Å². The van der Waals surface area contributed by atoms with Crippen LogP contribution in [0.25, 0.3) is 0 Å². The molecule has 2 atom stereocenters. The molecule has 2 rings (SSSR count). The summed E-state index contributed by atoms with van der Waals surface area (Å²) in [6, 6.07) is 4.21. The molecular weight excluding hydrogens is 263 g/mol. The minimum atomic E-state index is -0.524. The Kier molecular flexibility index (Phi) is 4.69. The maximum Gasteiger partial charge on any atom is 0.254 e. The number of nitrogens with one attached hydrogen (secondary N) is 1. The van der Waals surface area contributed by atoms with Crippen LogP contribution in [0.2, 0.25) is 0 Å². The van der Waals surface area contributed by atoms with Crippen LogP contribution < -0.4 is 11.1 Å². The fourth-order valence-corrected chi connectivity index (χ4v) is 3.30. The Hall–Kier alpha value is -1.23. The van der Waals surface area contributed by atoms with Gasteiger partial charge in [-0.3, -0.25) is 4.79 Å². The molecule has 0 saturated heterocycles. The predicted octanol–water partition coefficient (Wildman–Crippen LogP) is 2.81. The molecule has 3 N–H and O–H groups in total. The van der Waals surface area contributed by atoms with Gasteiger partial charge < -0.3 is 11.1 Å². The third kappa shape index (κ3) is 3.62. The maximum atomic E-state index is 13.6. The Balaban J connectivity index is 2.02. The lowest BCUT2D eigenvalue weighted by atomic mass is 9.94. The summed E-state index contributed by atoms with van der Waals surface area (Å²) < 4.78 is 13.6. The molecule has 1 fully saturated rings. The molecule has 5 heteroatoms. The molecule has 1 saturated carbocycles. The van der Waals surface area contributed by atoms with Crippen molar-refractivity contribution < 1.29 is 9.18 Å². The predicted molar refractivity (Wildman–Crippen MR) is 77.8 cm³/mol. The van der Waals surface area contributed by atoms with E-state index in [0.717, 1.165) is 19.3 Å². The highest BCUT2D eigenvalue weighted by Crippen LogP contribution is 2.27. The standard InChI is InChI=1S/C14H19FN2OS/c1-19-11-4-2-3-10(8-11)17-14(18)12-7-9(16)5-6-13(12)15/h5-7,10-11H,2-4,8,16H2,1H3,(H,17,18). The number of amides is 1. The number of nitrogens with two attached hydrogens (primary N) is 1. The molecule has 19 heavy (non-hydrogen) atoms. The molecule has 0 heterocycles. The number of hydrogen-bond donors (Lipinski definition) is 2. The van der Waals surface area contributed by atoms with E-state index in [0.29, 0.717) is 10.9 Å². The number of carbonyl (C=O) groups is 1. The van der Waals surface area contributed by atoms with Crippen LogP contribution in [0.15, 0.2) is 18.2 Å². The molecule has 1 aliphatic rings. The van der Waals surface area contributed by atoms with Gasteiger partial charge in [-0.25, -0.2) is 4.39 Å². The average molecular weight is 282 g/mol. The third-order valence-electron chi connectivity index (χ3n) is 3.53. The molecule has 1 aromatic carbocycles. The summed E-state index contributed by atoms with van der Waals surface area (Å²) in [7, 11) is 0. The average Bonchev–Trinajstić information content (AvgIpc) is 2.41. The first-order valence-corrected chi connectivity index (χ1v) is 7.77. The van der Waals surface area contributed by atoms with Crippen molar-refractivity contribution in [2.75, 3.05) is 12.0 Å². The zero-order valence-electron chi connectivity index (χ0n) is 11.0. The van der Waals surface area contributed by atoms with Gasteiger partial charge in [0.05, 0.1) is 5.56 Å². The lowest BCUT2D eigenvalue weighted by Gasteiger charge is -2.28. The third-order valence-corrected chi connectivity index (χ3v) is 4.62. The topological polar surface area (TPSA) is 55.1 Å². The molecule has 0 aromatic heterocycles. The molecule has 1 aliphatic carbocycles. The van der Waals surface area contributed by atoms with Gasteiger partial charge in [0.2, 0.25) is 0 Å². The fourth-order valence-electron chi connectivity index (χ4n) is 2.47. The number of halogens is 1. The van der Waals surface area contributed by atoms with Gasteiger partial charge in [-0.15, -0.1) is 0 Å². The van der Waals surface area contributed by atoms with E-state index in [1.807, 2.05) is 11.8 Å². The van der Waals surface area contributed by atoms with Gasteiger partial charge in [0.15, 0.2) is 0 Å². The van der Waals surface area contributed by atoms with Crippen molar-refractivity contribution in [3.63, 3.8) is 0 Å². The molecule has 1 amide bonds. The Labute approximate surface area is 117 Å². The monoisotopic (exact) mass is 282 g/mol. The van der Waals surface area contributed by atoms with Crippen molar-refractivity contribution in [3.05, 3.63) is 29.6 Å². The van der Waals surface area contributed by atoms with Crippen LogP contribution in [0.4, 0.5) is 10.1 Å². The van der Waals surface area contributed by atoms with Crippen molar-refractivity contribution in [1.82, 2.24) is 5.32 Å². The molecule has 0 bridgehead atoms. The van der Waals surface area contributed by atoms with E-state index < -0.39 is 5.82 Å². The van der Waals surface area contributed by atoms with E-state index in [9.17, 15) is 9.18 Å². The lowest BCUT2D eigenvalue weighted by Crippen LogP contribution is -2.39. The molecule has 0 radical (unpaired) electrons. The number of rotatable bonds is 3. The Morgan fingerprint density at radius 1 is 1.47 bits per heavy atom. The van der Waals surface area contributed by atoms with Crippen molar-refractivity contribution >= 4 is 23.4 Å². The van der Waals surface area contributed by atoms with Gasteiger partial charge in [0, 0.05) is 17.0 Å². The first kappa shape index (κ1) is 14.2. The second kappa shape index (κ2) is 6.28. The molecule has 104 valence electrons. The summed E-state index contributed by atoms with van der Waals surface area (Å²) in [5.41, 5.74) is 6.03. The normalized spacial score (nSPS) is 23.1. The summed E-state index contributed by atoms with van der Waals surface area (Å²) in [5, 5.41) is 3.51. The molecule has 2 unspecified atom stereocenters. The number of benzene rings is 1. The van der Waals surface area contributed by atoms with Gasteiger partial charge >= 0.3 is 0 Å². The largest absolute Gasteiger partial charge is 0.399 e. The van der Waals surface area contributed by atoms with E-state index in [4.69, 9.17) is 5.73 Å². The number of anilines is 1. The van der Waals surface area contributed by atoms with E-state index >= 15 is 0 Å².